The first-order chi connectivity index (χ1) is 7.20. The first kappa shape index (κ1) is 9.85. The highest BCUT2D eigenvalue weighted by Gasteiger charge is 2.23. The minimum absolute atomic E-state index is 0.396. The molecular formula is C12H14N2O. The Balaban J connectivity index is 2.27. The molecule has 3 heteroatoms. The third-order valence-corrected chi connectivity index (χ3v) is 2.40. The summed E-state index contributed by atoms with van der Waals surface area (Å²) in [7, 11) is 3.86. The summed E-state index contributed by atoms with van der Waals surface area (Å²) in [6, 6.07) is 7.78. The number of benzene rings is 1. The molecule has 1 aromatic carbocycles. The zero-order chi connectivity index (χ0) is 10.8. The van der Waals surface area contributed by atoms with E-state index in [0.717, 1.165) is 24.3 Å². The molecule has 0 atom stereocenters. The Morgan fingerprint density at radius 2 is 2.13 bits per heavy atom. The highest BCUT2D eigenvalue weighted by molar-refractivity contribution is 5.61. The van der Waals surface area contributed by atoms with E-state index in [9.17, 15) is 0 Å². The van der Waals surface area contributed by atoms with Gasteiger partial charge in [-0.1, -0.05) is 0 Å². The zero-order valence-electron chi connectivity index (χ0n) is 9.03. The Morgan fingerprint density at radius 3 is 2.67 bits per heavy atom. The van der Waals surface area contributed by atoms with Crippen LogP contribution in [-0.2, 0) is 0 Å². The maximum Gasteiger partial charge on any atom is 0.121 e. The highest BCUT2D eigenvalue weighted by atomic mass is 16.5. The molecule has 1 fully saturated rings. The lowest BCUT2D eigenvalue weighted by molar-refractivity contribution is 0.303. The predicted molar refractivity (Wildman–Crippen MR) is 59.1 cm³/mol. The molecular weight excluding hydrogens is 188 g/mol. The van der Waals surface area contributed by atoms with Crippen molar-refractivity contribution in [2.75, 3.05) is 19.0 Å². The summed E-state index contributed by atoms with van der Waals surface area (Å²) >= 11 is 0. The van der Waals surface area contributed by atoms with Crippen molar-refractivity contribution in [1.29, 1.82) is 5.26 Å². The molecule has 0 radical (unpaired) electrons. The van der Waals surface area contributed by atoms with E-state index in [0.29, 0.717) is 11.7 Å². The van der Waals surface area contributed by atoms with Crippen molar-refractivity contribution >= 4 is 5.69 Å². The van der Waals surface area contributed by atoms with Crippen molar-refractivity contribution in [3.8, 4) is 11.8 Å². The van der Waals surface area contributed by atoms with Gasteiger partial charge >= 0.3 is 0 Å². The van der Waals surface area contributed by atoms with E-state index < -0.39 is 0 Å². The van der Waals surface area contributed by atoms with Gasteiger partial charge in [-0.05, 0) is 25.0 Å². The number of hydrogen-bond donors (Lipinski definition) is 0. The maximum atomic E-state index is 8.93. The van der Waals surface area contributed by atoms with E-state index in [4.69, 9.17) is 10.00 Å². The molecule has 1 saturated carbocycles. The molecule has 15 heavy (non-hydrogen) atoms. The van der Waals surface area contributed by atoms with E-state index in [1.165, 1.54) is 0 Å². The highest BCUT2D eigenvalue weighted by Crippen LogP contribution is 2.30. The quantitative estimate of drug-likeness (QED) is 0.753. The van der Waals surface area contributed by atoms with Gasteiger partial charge in [-0.2, -0.15) is 5.26 Å². The van der Waals surface area contributed by atoms with Crippen LogP contribution < -0.4 is 9.64 Å². The van der Waals surface area contributed by atoms with Crippen molar-refractivity contribution in [3.05, 3.63) is 23.8 Å². The summed E-state index contributed by atoms with van der Waals surface area (Å²) in [4.78, 5) is 1.93. The van der Waals surface area contributed by atoms with Crippen LogP contribution in [0.2, 0.25) is 0 Å². The summed E-state index contributed by atoms with van der Waals surface area (Å²) in [5.74, 6) is 0.861. The molecule has 1 aliphatic rings. The van der Waals surface area contributed by atoms with Crippen LogP contribution in [0.15, 0.2) is 18.2 Å². The minimum Gasteiger partial charge on any atom is -0.490 e. The second-order valence-corrected chi connectivity index (χ2v) is 4.00. The summed E-state index contributed by atoms with van der Waals surface area (Å²) in [6.45, 7) is 0. The second-order valence-electron chi connectivity index (χ2n) is 4.00. The first-order valence-electron chi connectivity index (χ1n) is 5.09. The van der Waals surface area contributed by atoms with Gasteiger partial charge in [0, 0.05) is 20.2 Å². The van der Waals surface area contributed by atoms with Crippen molar-refractivity contribution < 1.29 is 4.74 Å². The zero-order valence-corrected chi connectivity index (χ0v) is 9.03. The molecule has 0 bridgehead atoms. The Morgan fingerprint density at radius 1 is 1.40 bits per heavy atom. The van der Waals surface area contributed by atoms with Gasteiger partial charge in [0.05, 0.1) is 17.4 Å². The summed E-state index contributed by atoms with van der Waals surface area (Å²) in [5, 5.41) is 8.93. The summed E-state index contributed by atoms with van der Waals surface area (Å²) in [5.41, 5.74) is 1.60. The van der Waals surface area contributed by atoms with Crippen LogP contribution in [0.5, 0.6) is 5.75 Å². The fourth-order valence-electron chi connectivity index (χ4n) is 1.43. The average molecular weight is 202 g/mol. The number of anilines is 1. The Bertz CT molecular complexity index is 403. The van der Waals surface area contributed by atoms with Gasteiger partial charge in [-0.3, -0.25) is 0 Å². The third kappa shape index (κ3) is 2.21. The molecule has 3 nitrogen and oxygen atoms in total. The molecule has 1 aliphatic carbocycles. The lowest BCUT2D eigenvalue weighted by atomic mass is 10.2. The van der Waals surface area contributed by atoms with Crippen LogP contribution in [0.25, 0.3) is 0 Å². The van der Waals surface area contributed by atoms with Gasteiger partial charge in [0.25, 0.3) is 0 Å². The van der Waals surface area contributed by atoms with E-state index in [1.54, 1.807) is 0 Å². The Labute approximate surface area is 89.9 Å². The Kier molecular flexibility index (Phi) is 2.51. The molecule has 0 spiro atoms. The molecule has 0 saturated heterocycles. The predicted octanol–water partition coefficient (Wildman–Crippen LogP) is 2.17. The molecule has 2 rings (SSSR count). The van der Waals surface area contributed by atoms with Crippen molar-refractivity contribution in [3.63, 3.8) is 0 Å². The van der Waals surface area contributed by atoms with Crippen LogP contribution in [0.3, 0.4) is 0 Å². The molecule has 0 N–H and O–H groups in total. The van der Waals surface area contributed by atoms with Crippen LogP contribution >= 0.6 is 0 Å². The van der Waals surface area contributed by atoms with Crippen molar-refractivity contribution in [1.82, 2.24) is 0 Å². The lowest BCUT2D eigenvalue weighted by Crippen LogP contribution is -2.10. The number of nitrogens with zero attached hydrogens (tertiary/aromatic N) is 2. The van der Waals surface area contributed by atoms with Gasteiger partial charge in [0.2, 0.25) is 0 Å². The Hall–Kier alpha value is -1.69. The van der Waals surface area contributed by atoms with Crippen molar-refractivity contribution in [2.45, 2.75) is 18.9 Å². The van der Waals surface area contributed by atoms with Gasteiger partial charge in [-0.25, -0.2) is 0 Å². The topological polar surface area (TPSA) is 36.3 Å². The number of nitriles is 1. The lowest BCUT2D eigenvalue weighted by Gasteiger charge is -2.15. The molecule has 1 aromatic rings. The van der Waals surface area contributed by atoms with Crippen molar-refractivity contribution in [2.24, 2.45) is 0 Å². The van der Waals surface area contributed by atoms with Crippen LogP contribution in [0.4, 0.5) is 5.69 Å². The van der Waals surface area contributed by atoms with Gasteiger partial charge < -0.3 is 9.64 Å². The standard InChI is InChI=1S/C12H14N2O/c1-14(2)12-7-11(15-10-5-6-10)4-3-9(12)8-13/h3-4,7,10H,5-6H2,1-2H3. The molecule has 0 aromatic heterocycles. The van der Waals surface area contributed by atoms with E-state index in [-0.39, 0.29) is 0 Å². The average Bonchev–Trinajstić information content (AvgIpc) is 3.01. The monoisotopic (exact) mass is 202 g/mol. The minimum atomic E-state index is 0.396. The first-order valence-corrected chi connectivity index (χ1v) is 5.09. The largest absolute Gasteiger partial charge is 0.490 e. The molecule has 78 valence electrons. The van der Waals surface area contributed by atoms with Gasteiger partial charge in [-0.15, -0.1) is 0 Å². The normalized spacial score (nSPS) is 14.5. The van der Waals surface area contributed by atoms with Gasteiger partial charge in [0.15, 0.2) is 0 Å². The third-order valence-electron chi connectivity index (χ3n) is 2.40. The van der Waals surface area contributed by atoms with E-state index >= 15 is 0 Å². The number of hydrogen-bond acceptors (Lipinski definition) is 3. The molecule has 0 heterocycles. The second kappa shape index (κ2) is 3.82. The van der Waals surface area contributed by atoms with Crippen LogP contribution in [0, 0.1) is 11.3 Å². The SMILES string of the molecule is CN(C)c1cc(OC2CC2)ccc1C#N. The molecule has 0 amide bonds. The fraction of sp³-hybridized carbons (Fsp3) is 0.417. The van der Waals surface area contributed by atoms with Gasteiger partial charge in [0.1, 0.15) is 11.8 Å². The summed E-state index contributed by atoms with van der Waals surface area (Å²) in [6.07, 6.45) is 2.70. The number of ether oxygens (including phenoxy) is 1. The fourth-order valence-corrected chi connectivity index (χ4v) is 1.43. The van der Waals surface area contributed by atoms with E-state index in [1.807, 2.05) is 37.2 Å². The van der Waals surface area contributed by atoms with E-state index in [2.05, 4.69) is 6.07 Å². The molecule has 0 unspecified atom stereocenters. The molecule has 0 aliphatic heterocycles. The smallest absolute Gasteiger partial charge is 0.121 e. The van der Waals surface area contributed by atoms with Crippen LogP contribution in [0.1, 0.15) is 18.4 Å². The maximum absolute atomic E-state index is 8.93. The van der Waals surface area contributed by atoms with Crippen LogP contribution in [-0.4, -0.2) is 20.2 Å². The summed E-state index contributed by atoms with van der Waals surface area (Å²) < 4.78 is 5.68. The number of rotatable bonds is 3.